The molecule has 0 unspecified atom stereocenters. The molecule has 0 atom stereocenters. The van der Waals surface area contributed by atoms with E-state index in [9.17, 15) is 17.6 Å². The third kappa shape index (κ3) is 3.98. The Labute approximate surface area is 96.6 Å². The van der Waals surface area contributed by atoms with Gasteiger partial charge in [0.15, 0.2) is 0 Å². The summed E-state index contributed by atoms with van der Waals surface area (Å²) in [5.41, 5.74) is -1.31. The van der Waals surface area contributed by atoms with E-state index in [4.69, 9.17) is 4.74 Å². The maximum atomic E-state index is 13.3. The van der Waals surface area contributed by atoms with Crippen molar-refractivity contribution in [2.24, 2.45) is 0 Å². The Morgan fingerprint density at radius 3 is 2.59 bits per heavy atom. The van der Waals surface area contributed by atoms with Crippen LogP contribution in [0.15, 0.2) is 18.2 Å². The number of nitrogens with one attached hydrogen (secondary N) is 1. The Morgan fingerprint density at radius 1 is 1.29 bits per heavy atom. The smallest absolute Gasteiger partial charge is 0.383 e. The SMILES string of the molecule is COCCNCc1c(F)cccc1C(F)(F)F. The molecule has 1 rings (SSSR count). The molecule has 1 N–H and O–H groups in total. The molecule has 0 aromatic heterocycles. The van der Waals surface area contributed by atoms with Crippen LogP contribution < -0.4 is 5.32 Å². The molecule has 0 saturated heterocycles. The Hall–Kier alpha value is -1.14. The van der Waals surface area contributed by atoms with Crippen molar-refractivity contribution < 1.29 is 22.3 Å². The molecule has 0 aliphatic rings. The summed E-state index contributed by atoms with van der Waals surface area (Å²) in [6, 6.07) is 2.94. The van der Waals surface area contributed by atoms with Gasteiger partial charge in [0.05, 0.1) is 12.2 Å². The van der Waals surface area contributed by atoms with Gasteiger partial charge >= 0.3 is 6.18 Å². The highest BCUT2D eigenvalue weighted by atomic mass is 19.4. The van der Waals surface area contributed by atoms with E-state index in [0.717, 1.165) is 18.2 Å². The summed E-state index contributed by atoms with van der Waals surface area (Å²) in [4.78, 5) is 0. The quantitative estimate of drug-likeness (QED) is 0.641. The molecule has 0 fully saturated rings. The van der Waals surface area contributed by atoms with Crippen LogP contribution in [0.4, 0.5) is 17.6 Å². The first-order valence-electron chi connectivity index (χ1n) is 5.01. The van der Waals surface area contributed by atoms with Gasteiger partial charge in [0.2, 0.25) is 0 Å². The molecule has 0 aliphatic carbocycles. The molecule has 0 heterocycles. The summed E-state index contributed by atoms with van der Waals surface area (Å²) in [6.45, 7) is 0.544. The third-order valence-electron chi connectivity index (χ3n) is 2.21. The molecule has 6 heteroatoms. The van der Waals surface area contributed by atoms with Gasteiger partial charge in [-0.3, -0.25) is 0 Å². The minimum atomic E-state index is -4.54. The van der Waals surface area contributed by atoms with Crippen molar-refractivity contribution in [2.45, 2.75) is 12.7 Å². The fraction of sp³-hybridized carbons (Fsp3) is 0.455. The van der Waals surface area contributed by atoms with Gasteiger partial charge < -0.3 is 10.1 Å². The molecular formula is C11H13F4NO. The third-order valence-corrected chi connectivity index (χ3v) is 2.21. The lowest BCUT2D eigenvalue weighted by molar-refractivity contribution is -0.138. The Balaban J connectivity index is 2.81. The summed E-state index contributed by atoms with van der Waals surface area (Å²) >= 11 is 0. The van der Waals surface area contributed by atoms with Crippen molar-refractivity contribution in [3.63, 3.8) is 0 Å². The zero-order valence-corrected chi connectivity index (χ0v) is 9.27. The number of methoxy groups -OCH3 is 1. The summed E-state index contributed by atoms with van der Waals surface area (Å²) in [7, 11) is 1.48. The van der Waals surface area contributed by atoms with Gasteiger partial charge in [0.25, 0.3) is 0 Å². The van der Waals surface area contributed by atoms with Gasteiger partial charge in [-0.1, -0.05) is 6.07 Å². The van der Waals surface area contributed by atoms with Crippen molar-refractivity contribution in [3.05, 3.63) is 35.1 Å². The van der Waals surface area contributed by atoms with E-state index in [1.807, 2.05) is 0 Å². The highest BCUT2D eigenvalue weighted by Gasteiger charge is 2.34. The van der Waals surface area contributed by atoms with Crippen LogP contribution in [0.3, 0.4) is 0 Å². The van der Waals surface area contributed by atoms with Crippen LogP contribution in [0.1, 0.15) is 11.1 Å². The van der Waals surface area contributed by atoms with Crippen LogP contribution >= 0.6 is 0 Å². The van der Waals surface area contributed by atoms with Crippen LogP contribution in [0, 0.1) is 5.82 Å². The van der Waals surface area contributed by atoms with Crippen molar-refractivity contribution in [1.29, 1.82) is 0 Å². The Kier molecular flexibility index (Phi) is 4.89. The lowest BCUT2D eigenvalue weighted by Crippen LogP contribution is -2.22. The predicted molar refractivity (Wildman–Crippen MR) is 55.0 cm³/mol. The van der Waals surface area contributed by atoms with Crippen LogP contribution in [-0.2, 0) is 17.5 Å². The highest BCUT2D eigenvalue weighted by Crippen LogP contribution is 2.32. The minimum Gasteiger partial charge on any atom is -0.383 e. The van der Waals surface area contributed by atoms with Crippen molar-refractivity contribution in [3.8, 4) is 0 Å². The van der Waals surface area contributed by atoms with Crippen LogP contribution in [0.5, 0.6) is 0 Å². The van der Waals surface area contributed by atoms with Gasteiger partial charge in [0, 0.05) is 25.8 Å². The van der Waals surface area contributed by atoms with E-state index in [1.54, 1.807) is 0 Å². The van der Waals surface area contributed by atoms with Crippen molar-refractivity contribution >= 4 is 0 Å². The second kappa shape index (κ2) is 5.97. The van der Waals surface area contributed by atoms with Gasteiger partial charge in [-0.05, 0) is 12.1 Å². The van der Waals surface area contributed by atoms with Gasteiger partial charge in [-0.15, -0.1) is 0 Å². The number of halogens is 4. The van der Waals surface area contributed by atoms with Crippen LogP contribution in [0.2, 0.25) is 0 Å². The fourth-order valence-electron chi connectivity index (χ4n) is 1.39. The van der Waals surface area contributed by atoms with Crippen molar-refractivity contribution in [1.82, 2.24) is 5.32 Å². The molecule has 1 aromatic rings. The van der Waals surface area contributed by atoms with E-state index in [1.165, 1.54) is 7.11 Å². The number of ether oxygens (including phenoxy) is 1. The largest absolute Gasteiger partial charge is 0.416 e. The van der Waals surface area contributed by atoms with E-state index in [-0.39, 0.29) is 12.1 Å². The lowest BCUT2D eigenvalue weighted by Gasteiger charge is -2.14. The topological polar surface area (TPSA) is 21.3 Å². The summed E-state index contributed by atoms with van der Waals surface area (Å²) in [6.07, 6.45) is -4.54. The number of hydrogen-bond donors (Lipinski definition) is 1. The molecule has 0 aliphatic heterocycles. The summed E-state index contributed by atoms with van der Waals surface area (Å²) in [5.74, 6) is -0.857. The fourth-order valence-corrected chi connectivity index (χ4v) is 1.39. The molecule has 0 bridgehead atoms. The number of benzene rings is 1. The molecule has 1 aromatic carbocycles. The standard InChI is InChI=1S/C11H13F4NO/c1-17-6-5-16-7-8-9(11(13,14)15)3-2-4-10(8)12/h2-4,16H,5-7H2,1H3. The summed E-state index contributed by atoms with van der Waals surface area (Å²) in [5, 5.41) is 2.69. The zero-order valence-electron chi connectivity index (χ0n) is 9.27. The maximum Gasteiger partial charge on any atom is 0.416 e. The monoisotopic (exact) mass is 251 g/mol. The second-order valence-corrected chi connectivity index (χ2v) is 3.43. The van der Waals surface area contributed by atoms with E-state index < -0.39 is 17.6 Å². The van der Waals surface area contributed by atoms with Gasteiger partial charge in [0.1, 0.15) is 5.82 Å². The second-order valence-electron chi connectivity index (χ2n) is 3.43. The molecule has 0 amide bonds. The molecule has 96 valence electrons. The molecular weight excluding hydrogens is 238 g/mol. The van der Waals surface area contributed by atoms with Crippen molar-refractivity contribution in [2.75, 3.05) is 20.3 Å². The normalized spacial score (nSPS) is 11.8. The molecule has 0 spiro atoms. The van der Waals surface area contributed by atoms with E-state index in [2.05, 4.69) is 5.32 Å². The first-order chi connectivity index (χ1) is 7.96. The maximum absolute atomic E-state index is 13.3. The highest BCUT2D eigenvalue weighted by molar-refractivity contribution is 5.31. The average molecular weight is 251 g/mol. The zero-order chi connectivity index (χ0) is 12.9. The van der Waals surface area contributed by atoms with E-state index in [0.29, 0.717) is 13.2 Å². The lowest BCUT2D eigenvalue weighted by atomic mass is 10.1. The Bertz CT molecular complexity index is 365. The van der Waals surface area contributed by atoms with E-state index >= 15 is 0 Å². The average Bonchev–Trinajstić information content (AvgIpc) is 2.24. The first kappa shape index (κ1) is 13.9. The molecule has 0 saturated carbocycles. The first-order valence-corrected chi connectivity index (χ1v) is 5.01. The van der Waals surface area contributed by atoms with Gasteiger partial charge in [-0.2, -0.15) is 13.2 Å². The number of rotatable bonds is 5. The number of hydrogen-bond acceptors (Lipinski definition) is 2. The summed E-state index contributed by atoms with van der Waals surface area (Å²) < 4.78 is 55.8. The molecule has 17 heavy (non-hydrogen) atoms. The van der Waals surface area contributed by atoms with Crippen LogP contribution in [0.25, 0.3) is 0 Å². The van der Waals surface area contributed by atoms with Crippen LogP contribution in [-0.4, -0.2) is 20.3 Å². The predicted octanol–water partition coefficient (Wildman–Crippen LogP) is 2.58. The molecule has 2 nitrogen and oxygen atoms in total. The molecule has 0 radical (unpaired) electrons. The minimum absolute atomic E-state index is 0.176. The van der Waals surface area contributed by atoms with Gasteiger partial charge in [-0.25, -0.2) is 4.39 Å². The Morgan fingerprint density at radius 2 is 2.00 bits per heavy atom. The number of alkyl halides is 3.